The van der Waals surface area contributed by atoms with Crippen molar-refractivity contribution in [3.63, 3.8) is 0 Å². The lowest BCUT2D eigenvalue weighted by Gasteiger charge is -2.17. The summed E-state index contributed by atoms with van der Waals surface area (Å²) in [5.41, 5.74) is 7.68. The molecule has 0 saturated heterocycles. The molecule has 0 bridgehead atoms. The van der Waals surface area contributed by atoms with Gasteiger partial charge in [-0.25, -0.2) is 4.98 Å². The summed E-state index contributed by atoms with van der Waals surface area (Å²) in [6.45, 7) is 4.12. The Bertz CT molecular complexity index is 605. The molecule has 112 valence electrons. The van der Waals surface area contributed by atoms with Gasteiger partial charge in [-0.2, -0.15) is 0 Å². The molecule has 0 radical (unpaired) electrons. The summed E-state index contributed by atoms with van der Waals surface area (Å²) in [4.78, 5) is 15.4. The second kappa shape index (κ2) is 6.54. The van der Waals surface area contributed by atoms with Crippen LogP contribution in [0.3, 0.4) is 0 Å². The maximum Gasteiger partial charge on any atom is 0.320 e. The summed E-state index contributed by atoms with van der Waals surface area (Å²) in [6, 6.07) is 9.41. The van der Waals surface area contributed by atoms with Crippen LogP contribution in [0.25, 0.3) is 0 Å². The molecule has 0 aliphatic rings. The Kier molecular flexibility index (Phi) is 4.75. The Morgan fingerprint density at radius 2 is 2.00 bits per heavy atom. The molecule has 5 heteroatoms. The maximum atomic E-state index is 10.9. The van der Waals surface area contributed by atoms with Gasteiger partial charge in [0.15, 0.2) is 0 Å². The first kappa shape index (κ1) is 15.3. The van der Waals surface area contributed by atoms with Gasteiger partial charge in [0.05, 0.1) is 0 Å². The van der Waals surface area contributed by atoms with E-state index in [1.54, 1.807) is 6.20 Å². The normalized spacial score (nSPS) is 12.6. The number of carbonyl (C=O) groups is 1. The molecular weight excluding hydrogens is 266 g/mol. The lowest BCUT2D eigenvalue weighted by atomic mass is 10.1. The minimum atomic E-state index is -0.990. The third-order valence-corrected chi connectivity index (χ3v) is 3.42. The summed E-state index contributed by atoms with van der Waals surface area (Å²) in [6.07, 6.45) is 2.75. The molecule has 0 fully saturated rings. The summed E-state index contributed by atoms with van der Waals surface area (Å²) in [7, 11) is 0. The van der Waals surface area contributed by atoms with Crippen LogP contribution in [-0.2, 0) is 17.6 Å². The van der Waals surface area contributed by atoms with Gasteiger partial charge < -0.3 is 15.4 Å². The van der Waals surface area contributed by atoms with Crippen LogP contribution in [0.4, 0.5) is 0 Å². The molecule has 5 nitrogen and oxygen atoms in total. The van der Waals surface area contributed by atoms with Crippen molar-refractivity contribution >= 4 is 5.97 Å². The summed E-state index contributed by atoms with van der Waals surface area (Å²) in [5.74, 6) is -0.0556. The van der Waals surface area contributed by atoms with Crippen LogP contribution in [0.5, 0.6) is 0 Å². The Labute approximate surface area is 124 Å². The lowest BCUT2D eigenvalue weighted by Crippen LogP contribution is -2.33. The molecule has 1 aromatic carbocycles. The smallest absolute Gasteiger partial charge is 0.320 e. The zero-order chi connectivity index (χ0) is 15.4. The monoisotopic (exact) mass is 287 g/mol. The van der Waals surface area contributed by atoms with Crippen molar-refractivity contribution in [1.29, 1.82) is 0 Å². The second-order valence-electron chi connectivity index (χ2n) is 5.44. The first-order valence-corrected chi connectivity index (χ1v) is 7.06. The van der Waals surface area contributed by atoms with Gasteiger partial charge in [0, 0.05) is 30.8 Å². The molecule has 1 aromatic heterocycles. The first-order valence-electron chi connectivity index (χ1n) is 7.06. The van der Waals surface area contributed by atoms with Crippen molar-refractivity contribution in [1.82, 2.24) is 9.55 Å². The highest BCUT2D eigenvalue weighted by molar-refractivity contribution is 5.73. The topological polar surface area (TPSA) is 81.1 Å². The van der Waals surface area contributed by atoms with Crippen molar-refractivity contribution in [3.05, 3.63) is 53.6 Å². The van der Waals surface area contributed by atoms with E-state index in [1.165, 1.54) is 5.56 Å². The predicted molar refractivity (Wildman–Crippen MR) is 81.2 cm³/mol. The quantitative estimate of drug-likeness (QED) is 0.851. The standard InChI is InChI=1S/C16H21N3O2/c1-11(2)19-13(9-14(17)16(20)21)10-18-15(19)8-12-6-4-3-5-7-12/h3-7,10-11,14H,8-9,17H2,1-2H3,(H,20,21). The molecule has 0 aliphatic carbocycles. The molecule has 3 N–H and O–H groups in total. The Hall–Kier alpha value is -2.14. The number of aromatic nitrogens is 2. The van der Waals surface area contributed by atoms with Gasteiger partial charge in [0.2, 0.25) is 0 Å². The molecule has 1 atom stereocenters. The third kappa shape index (κ3) is 3.70. The zero-order valence-corrected chi connectivity index (χ0v) is 12.4. The van der Waals surface area contributed by atoms with Crippen LogP contribution in [0, 0.1) is 0 Å². The van der Waals surface area contributed by atoms with Gasteiger partial charge >= 0.3 is 5.97 Å². The van der Waals surface area contributed by atoms with Crippen molar-refractivity contribution in [2.24, 2.45) is 5.73 Å². The first-order chi connectivity index (χ1) is 9.99. The average molecular weight is 287 g/mol. The predicted octanol–water partition coefficient (Wildman–Crippen LogP) is 2.01. The minimum absolute atomic E-state index is 0.210. The highest BCUT2D eigenvalue weighted by Gasteiger charge is 2.18. The van der Waals surface area contributed by atoms with E-state index in [2.05, 4.69) is 35.5 Å². The van der Waals surface area contributed by atoms with E-state index in [4.69, 9.17) is 10.8 Å². The number of nitrogens with zero attached hydrogens (tertiary/aromatic N) is 2. The van der Waals surface area contributed by atoms with Crippen LogP contribution in [0.15, 0.2) is 36.5 Å². The zero-order valence-electron chi connectivity index (χ0n) is 12.4. The van der Waals surface area contributed by atoms with Crippen molar-refractivity contribution in [2.75, 3.05) is 0 Å². The van der Waals surface area contributed by atoms with Gasteiger partial charge in [0.1, 0.15) is 11.9 Å². The molecular formula is C16H21N3O2. The number of hydrogen-bond acceptors (Lipinski definition) is 3. The van der Waals surface area contributed by atoms with Gasteiger partial charge in [-0.05, 0) is 19.4 Å². The Morgan fingerprint density at radius 1 is 1.33 bits per heavy atom. The number of nitrogens with two attached hydrogens (primary N) is 1. The molecule has 0 amide bonds. The van der Waals surface area contributed by atoms with Crippen molar-refractivity contribution in [3.8, 4) is 0 Å². The number of carboxylic acid groups (broad SMARTS) is 1. The van der Waals surface area contributed by atoms with Crippen LogP contribution in [0.1, 0.15) is 37.0 Å². The fraction of sp³-hybridized carbons (Fsp3) is 0.375. The van der Waals surface area contributed by atoms with Crippen LogP contribution in [-0.4, -0.2) is 26.7 Å². The van der Waals surface area contributed by atoms with E-state index >= 15 is 0 Å². The molecule has 0 saturated carbocycles. The van der Waals surface area contributed by atoms with E-state index in [9.17, 15) is 4.79 Å². The highest BCUT2D eigenvalue weighted by Crippen LogP contribution is 2.18. The fourth-order valence-corrected chi connectivity index (χ4v) is 2.44. The van der Waals surface area contributed by atoms with Gasteiger partial charge in [-0.15, -0.1) is 0 Å². The highest BCUT2D eigenvalue weighted by atomic mass is 16.4. The van der Waals surface area contributed by atoms with E-state index in [0.717, 1.165) is 17.9 Å². The second-order valence-corrected chi connectivity index (χ2v) is 5.44. The van der Waals surface area contributed by atoms with Crippen LogP contribution in [0.2, 0.25) is 0 Å². The number of rotatable bonds is 6. The van der Waals surface area contributed by atoms with E-state index in [0.29, 0.717) is 0 Å². The maximum absolute atomic E-state index is 10.9. The molecule has 1 heterocycles. The number of imidazole rings is 1. The SMILES string of the molecule is CC(C)n1c(CC(N)C(=O)O)cnc1Cc1ccccc1. The Balaban J connectivity index is 2.26. The van der Waals surface area contributed by atoms with Crippen LogP contribution >= 0.6 is 0 Å². The summed E-state index contributed by atoms with van der Waals surface area (Å²) in [5, 5.41) is 8.96. The number of carboxylic acids is 1. The summed E-state index contributed by atoms with van der Waals surface area (Å²) >= 11 is 0. The molecule has 2 rings (SSSR count). The molecule has 2 aromatic rings. The minimum Gasteiger partial charge on any atom is -0.480 e. The molecule has 21 heavy (non-hydrogen) atoms. The Morgan fingerprint density at radius 3 is 2.57 bits per heavy atom. The lowest BCUT2D eigenvalue weighted by molar-refractivity contribution is -0.138. The number of hydrogen-bond donors (Lipinski definition) is 2. The largest absolute Gasteiger partial charge is 0.480 e. The molecule has 1 unspecified atom stereocenters. The molecule has 0 aliphatic heterocycles. The van der Waals surface area contributed by atoms with Crippen molar-refractivity contribution in [2.45, 2.75) is 38.8 Å². The van der Waals surface area contributed by atoms with E-state index in [1.807, 2.05) is 18.2 Å². The van der Waals surface area contributed by atoms with Gasteiger partial charge in [-0.1, -0.05) is 30.3 Å². The van der Waals surface area contributed by atoms with Crippen molar-refractivity contribution < 1.29 is 9.90 Å². The fourth-order valence-electron chi connectivity index (χ4n) is 2.44. The average Bonchev–Trinajstić information content (AvgIpc) is 2.82. The summed E-state index contributed by atoms with van der Waals surface area (Å²) < 4.78 is 2.08. The van der Waals surface area contributed by atoms with Gasteiger partial charge in [0.25, 0.3) is 0 Å². The number of aliphatic carboxylic acids is 1. The third-order valence-electron chi connectivity index (χ3n) is 3.42. The van der Waals surface area contributed by atoms with Crippen LogP contribution < -0.4 is 5.73 Å². The van der Waals surface area contributed by atoms with E-state index in [-0.39, 0.29) is 12.5 Å². The van der Waals surface area contributed by atoms with E-state index < -0.39 is 12.0 Å². The van der Waals surface area contributed by atoms with Gasteiger partial charge in [-0.3, -0.25) is 4.79 Å². The molecule has 0 spiro atoms. The number of benzene rings is 1.